The number of benzene rings is 2. The van der Waals surface area contributed by atoms with Gasteiger partial charge in [-0.05, 0) is 37.3 Å². The maximum atomic E-state index is 12.6. The van der Waals surface area contributed by atoms with Gasteiger partial charge in [0.05, 0.1) is 18.7 Å². The van der Waals surface area contributed by atoms with Gasteiger partial charge in [-0.15, -0.1) is 0 Å². The first kappa shape index (κ1) is 20.2. The lowest BCUT2D eigenvalue weighted by Crippen LogP contribution is -2.29. The minimum Gasteiger partial charge on any atom is -0.490 e. The van der Waals surface area contributed by atoms with Gasteiger partial charge in [-0.1, -0.05) is 30.0 Å². The van der Waals surface area contributed by atoms with Crippen LogP contribution in [-0.4, -0.2) is 25.7 Å². The van der Waals surface area contributed by atoms with Crippen LogP contribution in [0.1, 0.15) is 18.1 Å². The number of amides is 1. The largest absolute Gasteiger partial charge is 0.490 e. The van der Waals surface area contributed by atoms with Crippen LogP contribution in [0.25, 0.3) is 0 Å². The Kier molecular flexibility index (Phi) is 7.12. The summed E-state index contributed by atoms with van der Waals surface area (Å²) >= 11 is 0. The van der Waals surface area contributed by atoms with Crippen LogP contribution in [0, 0.1) is 11.8 Å². The Bertz CT molecular complexity index is 838. The van der Waals surface area contributed by atoms with Gasteiger partial charge < -0.3 is 14.8 Å². The van der Waals surface area contributed by atoms with Gasteiger partial charge in [0, 0.05) is 5.56 Å². The molecule has 7 heteroatoms. The number of hydrogen-bond donors (Lipinski definition) is 1. The third kappa shape index (κ3) is 6.59. The second kappa shape index (κ2) is 9.53. The van der Waals surface area contributed by atoms with Crippen molar-refractivity contribution < 1.29 is 27.4 Å². The SMILES string of the molecule is CCOc1ccccc1OCC(=O)NCC#Cc1cccc(C(F)(F)F)c1. The first-order valence-corrected chi connectivity index (χ1v) is 8.17. The van der Waals surface area contributed by atoms with E-state index in [4.69, 9.17) is 9.47 Å². The predicted molar refractivity (Wildman–Crippen MR) is 94.4 cm³/mol. The van der Waals surface area contributed by atoms with Crippen molar-refractivity contribution in [2.45, 2.75) is 13.1 Å². The highest BCUT2D eigenvalue weighted by molar-refractivity contribution is 5.77. The Morgan fingerprint density at radius 3 is 2.44 bits per heavy atom. The van der Waals surface area contributed by atoms with Gasteiger partial charge in [-0.2, -0.15) is 13.2 Å². The maximum Gasteiger partial charge on any atom is 0.416 e. The van der Waals surface area contributed by atoms with Crippen molar-refractivity contribution in [2.24, 2.45) is 0 Å². The number of carbonyl (C=O) groups excluding carboxylic acids is 1. The van der Waals surface area contributed by atoms with Crippen molar-refractivity contribution in [2.75, 3.05) is 19.8 Å². The van der Waals surface area contributed by atoms with Crippen molar-refractivity contribution in [1.29, 1.82) is 0 Å². The number of halogens is 3. The van der Waals surface area contributed by atoms with Crippen LogP contribution in [0.3, 0.4) is 0 Å². The molecular weight excluding hydrogens is 359 g/mol. The van der Waals surface area contributed by atoms with Crippen LogP contribution in [0.2, 0.25) is 0 Å². The zero-order valence-corrected chi connectivity index (χ0v) is 14.6. The molecule has 1 amide bonds. The summed E-state index contributed by atoms with van der Waals surface area (Å²) in [5.74, 6) is 5.78. The lowest BCUT2D eigenvalue weighted by molar-refractivity contribution is -0.137. The first-order chi connectivity index (χ1) is 12.9. The van der Waals surface area contributed by atoms with E-state index in [0.717, 1.165) is 12.1 Å². The van der Waals surface area contributed by atoms with Crippen LogP contribution >= 0.6 is 0 Å². The molecule has 0 aliphatic rings. The number of nitrogens with one attached hydrogen (secondary N) is 1. The molecule has 0 bridgehead atoms. The molecule has 27 heavy (non-hydrogen) atoms. The molecule has 0 saturated heterocycles. The molecule has 4 nitrogen and oxygen atoms in total. The van der Waals surface area contributed by atoms with E-state index in [2.05, 4.69) is 17.2 Å². The van der Waals surface area contributed by atoms with E-state index in [1.165, 1.54) is 12.1 Å². The van der Waals surface area contributed by atoms with Crippen molar-refractivity contribution >= 4 is 5.91 Å². The molecule has 142 valence electrons. The Morgan fingerprint density at radius 1 is 1.07 bits per heavy atom. The van der Waals surface area contributed by atoms with Gasteiger partial charge in [0.2, 0.25) is 0 Å². The first-order valence-electron chi connectivity index (χ1n) is 8.17. The van der Waals surface area contributed by atoms with E-state index in [1.54, 1.807) is 24.3 Å². The van der Waals surface area contributed by atoms with Crippen LogP contribution in [-0.2, 0) is 11.0 Å². The summed E-state index contributed by atoms with van der Waals surface area (Å²) in [5, 5.41) is 2.52. The predicted octanol–water partition coefficient (Wildman–Crippen LogP) is 3.65. The van der Waals surface area contributed by atoms with E-state index in [-0.39, 0.29) is 18.7 Å². The summed E-state index contributed by atoms with van der Waals surface area (Å²) < 4.78 is 48.7. The van der Waals surface area contributed by atoms with Gasteiger partial charge >= 0.3 is 6.18 Å². The molecule has 0 atom stereocenters. The number of alkyl halides is 3. The van der Waals surface area contributed by atoms with Gasteiger partial charge in [0.1, 0.15) is 0 Å². The minimum atomic E-state index is -4.42. The Balaban J connectivity index is 1.83. The summed E-state index contributed by atoms with van der Waals surface area (Å²) in [6, 6.07) is 11.7. The van der Waals surface area contributed by atoms with Crippen LogP contribution in [0.4, 0.5) is 13.2 Å². The molecule has 0 unspecified atom stereocenters. The highest BCUT2D eigenvalue weighted by Gasteiger charge is 2.30. The van der Waals surface area contributed by atoms with E-state index in [1.807, 2.05) is 6.92 Å². The van der Waals surface area contributed by atoms with Crippen molar-refractivity contribution in [3.8, 4) is 23.3 Å². The third-order valence-electron chi connectivity index (χ3n) is 3.30. The average Bonchev–Trinajstić information content (AvgIpc) is 2.64. The molecule has 0 aliphatic heterocycles. The zero-order chi connectivity index (χ0) is 19.7. The van der Waals surface area contributed by atoms with Crippen molar-refractivity contribution in [3.63, 3.8) is 0 Å². The topological polar surface area (TPSA) is 47.6 Å². The summed E-state index contributed by atoms with van der Waals surface area (Å²) in [6.45, 7) is 2.07. The third-order valence-corrected chi connectivity index (χ3v) is 3.30. The normalized spacial score (nSPS) is 10.5. The fourth-order valence-corrected chi connectivity index (χ4v) is 2.10. The number of rotatable bonds is 6. The monoisotopic (exact) mass is 377 g/mol. The van der Waals surface area contributed by atoms with E-state index >= 15 is 0 Å². The van der Waals surface area contributed by atoms with E-state index in [9.17, 15) is 18.0 Å². The fourth-order valence-electron chi connectivity index (χ4n) is 2.10. The van der Waals surface area contributed by atoms with Gasteiger partial charge in [-0.3, -0.25) is 4.79 Å². The maximum absolute atomic E-state index is 12.6. The minimum absolute atomic E-state index is 0.00839. The molecule has 1 N–H and O–H groups in total. The summed E-state index contributed by atoms with van der Waals surface area (Å²) in [6.07, 6.45) is -4.42. The van der Waals surface area contributed by atoms with Crippen LogP contribution in [0.15, 0.2) is 48.5 Å². The number of hydrogen-bond acceptors (Lipinski definition) is 3. The quantitative estimate of drug-likeness (QED) is 0.782. The molecular formula is C20H18F3NO3. The van der Waals surface area contributed by atoms with Crippen molar-refractivity contribution in [1.82, 2.24) is 5.32 Å². The molecule has 2 aromatic carbocycles. The Morgan fingerprint density at radius 2 is 1.78 bits per heavy atom. The standard InChI is InChI=1S/C20H18F3NO3/c1-2-26-17-10-3-4-11-18(17)27-14-19(25)24-12-6-8-15-7-5-9-16(13-15)20(21,22)23/h3-5,7,9-11,13H,2,12,14H2,1H3,(H,24,25). The highest BCUT2D eigenvalue weighted by Crippen LogP contribution is 2.29. The van der Waals surface area contributed by atoms with Crippen molar-refractivity contribution in [3.05, 3.63) is 59.7 Å². The summed E-state index contributed by atoms with van der Waals surface area (Å²) in [7, 11) is 0. The number of ether oxygens (including phenoxy) is 2. The smallest absolute Gasteiger partial charge is 0.416 e. The second-order valence-corrected chi connectivity index (χ2v) is 5.33. The molecule has 2 rings (SSSR count). The van der Waals surface area contributed by atoms with Gasteiger partial charge in [0.25, 0.3) is 5.91 Å². The molecule has 2 aromatic rings. The Labute approximate surface area is 155 Å². The van der Waals surface area contributed by atoms with Gasteiger partial charge in [0.15, 0.2) is 18.1 Å². The Hall–Kier alpha value is -3.14. The zero-order valence-electron chi connectivity index (χ0n) is 14.6. The van der Waals surface area contributed by atoms with Crippen LogP contribution < -0.4 is 14.8 Å². The summed E-state index contributed by atoms with van der Waals surface area (Å²) in [5.41, 5.74) is -0.541. The molecule has 0 aromatic heterocycles. The molecule has 0 fully saturated rings. The van der Waals surface area contributed by atoms with Crippen LogP contribution in [0.5, 0.6) is 11.5 Å². The molecule has 0 spiro atoms. The average molecular weight is 377 g/mol. The number of carbonyl (C=O) groups is 1. The van der Waals surface area contributed by atoms with E-state index < -0.39 is 17.6 Å². The molecule has 0 saturated carbocycles. The second-order valence-electron chi connectivity index (χ2n) is 5.33. The summed E-state index contributed by atoms with van der Waals surface area (Å²) in [4.78, 5) is 11.8. The fraction of sp³-hybridized carbons (Fsp3) is 0.250. The highest BCUT2D eigenvalue weighted by atomic mass is 19.4. The molecule has 0 radical (unpaired) electrons. The lowest BCUT2D eigenvalue weighted by Gasteiger charge is -2.10. The number of para-hydroxylation sites is 2. The molecule has 0 heterocycles. The lowest BCUT2D eigenvalue weighted by atomic mass is 10.1. The van der Waals surface area contributed by atoms with Gasteiger partial charge in [-0.25, -0.2) is 0 Å². The molecule has 0 aliphatic carbocycles. The van der Waals surface area contributed by atoms with E-state index in [0.29, 0.717) is 18.1 Å².